The van der Waals surface area contributed by atoms with Gasteiger partial charge < -0.3 is 16.0 Å². The van der Waals surface area contributed by atoms with Crippen LogP contribution in [0.1, 0.15) is 26.7 Å². The van der Waals surface area contributed by atoms with Crippen molar-refractivity contribution in [3.63, 3.8) is 0 Å². The highest BCUT2D eigenvalue weighted by Gasteiger charge is 2.03. The number of hydrogen-bond donors (Lipinski definition) is 3. The van der Waals surface area contributed by atoms with Crippen molar-refractivity contribution in [2.24, 2.45) is 5.92 Å². The fourth-order valence-corrected chi connectivity index (χ4v) is 1.13. The van der Waals surface area contributed by atoms with Crippen molar-refractivity contribution in [1.29, 1.82) is 5.26 Å². The number of nitrogens with one attached hydrogen (secondary N) is 3. The van der Waals surface area contributed by atoms with Crippen molar-refractivity contribution in [3.05, 3.63) is 0 Å². The highest BCUT2D eigenvalue weighted by Crippen LogP contribution is 1.87. The largest absolute Gasteiger partial charge is 0.356 e. The molecule has 0 aromatic rings. The van der Waals surface area contributed by atoms with E-state index in [1.165, 1.54) is 0 Å². The molecule has 0 atom stereocenters. The lowest BCUT2D eigenvalue weighted by Gasteiger charge is -2.08. The van der Waals surface area contributed by atoms with Crippen molar-refractivity contribution in [2.75, 3.05) is 26.2 Å². The second-order valence-electron chi connectivity index (χ2n) is 4.38. The molecule has 18 heavy (non-hydrogen) atoms. The number of nitriles is 1. The van der Waals surface area contributed by atoms with Gasteiger partial charge in [0, 0.05) is 26.1 Å². The van der Waals surface area contributed by atoms with Crippen LogP contribution in [0.3, 0.4) is 0 Å². The molecule has 0 rings (SSSR count). The fourth-order valence-electron chi connectivity index (χ4n) is 1.13. The van der Waals surface area contributed by atoms with Gasteiger partial charge in [-0.2, -0.15) is 5.26 Å². The summed E-state index contributed by atoms with van der Waals surface area (Å²) in [6.07, 6.45) is 0.668. The normalized spacial score (nSPS) is 9.89. The van der Waals surface area contributed by atoms with Crippen LogP contribution in [0.15, 0.2) is 0 Å². The van der Waals surface area contributed by atoms with Gasteiger partial charge in [0.15, 0.2) is 0 Å². The first-order chi connectivity index (χ1) is 8.56. The van der Waals surface area contributed by atoms with Crippen LogP contribution >= 0.6 is 0 Å². The maximum Gasteiger partial charge on any atom is 0.233 e. The van der Waals surface area contributed by atoms with E-state index in [1.54, 1.807) is 0 Å². The summed E-state index contributed by atoms with van der Waals surface area (Å²) >= 11 is 0. The molecule has 6 nitrogen and oxygen atoms in total. The van der Waals surface area contributed by atoms with Crippen molar-refractivity contribution in [2.45, 2.75) is 26.7 Å². The summed E-state index contributed by atoms with van der Waals surface area (Å²) in [5.74, 6) is 0.266. The molecule has 0 aliphatic carbocycles. The number of amides is 2. The van der Waals surface area contributed by atoms with Crippen molar-refractivity contribution >= 4 is 11.8 Å². The molecule has 2 amide bonds. The van der Waals surface area contributed by atoms with Crippen LogP contribution in [-0.2, 0) is 9.59 Å². The Morgan fingerprint density at radius 3 is 2.50 bits per heavy atom. The van der Waals surface area contributed by atoms with Crippen molar-refractivity contribution in [1.82, 2.24) is 16.0 Å². The van der Waals surface area contributed by atoms with Gasteiger partial charge in [-0.3, -0.25) is 9.59 Å². The van der Waals surface area contributed by atoms with Crippen molar-refractivity contribution < 1.29 is 9.59 Å². The third kappa shape index (κ3) is 10.9. The molecule has 0 heterocycles. The lowest BCUT2D eigenvalue weighted by Crippen LogP contribution is -2.36. The molecule has 102 valence electrons. The Morgan fingerprint density at radius 2 is 1.89 bits per heavy atom. The van der Waals surface area contributed by atoms with Gasteiger partial charge >= 0.3 is 0 Å². The summed E-state index contributed by atoms with van der Waals surface area (Å²) < 4.78 is 0. The van der Waals surface area contributed by atoms with Gasteiger partial charge in [0.25, 0.3) is 0 Å². The van der Waals surface area contributed by atoms with Gasteiger partial charge in [-0.25, -0.2) is 0 Å². The predicted octanol–water partition coefficient (Wildman–Crippen LogP) is -0.232. The van der Waals surface area contributed by atoms with Crippen LogP contribution in [0.4, 0.5) is 0 Å². The minimum atomic E-state index is -0.159. The second-order valence-corrected chi connectivity index (χ2v) is 4.38. The molecular formula is C12H22N4O2. The first kappa shape index (κ1) is 16.4. The predicted molar refractivity (Wildman–Crippen MR) is 68.6 cm³/mol. The van der Waals surface area contributed by atoms with E-state index >= 15 is 0 Å². The van der Waals surface area contributed by atoms with Gasteiger partial charge in [0.1, 0.15) is 0 Å². The van der Waals surface area contributed by atoms with Gasteiger partial charge in [0.2, 0.25) is 11.8 Å². The Labute approximate surface area is 108 Å². The van der Waals surface area contributed by atoms with Crippen LogP contribution < -0.4 is 16.0 Å². The van der Waals surface area contributed by atoms with Crippen LogP contribution in [-0.4, -0.2) is 38.0 Å². The molecule has 0 aliphatic heterocycles. The molecule has 0 aromatic heterocycles. The fraction of sp³-hybridized carbons (Fsp3) is 0.750. The maximum absolute atomic E-state index is 11.3. The van der Waals surface area contributed by atoms with Crippen LogP contribution in [0.25, 0.3) is 0 Å². The molecule has 0 saturated carbocycles. The zero-order valence-corrected chi connectivity index (χ0v) is 11.1. The quantitative estimate of drug-likeness (QED) is 0.495. The Bertz CT molecular complexity index is 297. The van der Waals surface area contributed by atoms with E-state index in [0.717, 1.165) is 0 Å². The average molecular weight is 254 g/mol. The Kier molecular flexibility index (Phi) is 9.60. The Balaban J connectivity index is 3.41. The zero-order valence-electron chi connectivity index (χ0n) is 11.1. The Morgan fingerprint density at radius 1 is 1.17 bits per heavy atom. The summed E-state index contributed by atoms with van der Waals surface area (Å²) in [6.45, 7) is 5.74. The number of carbonyl (C=O) groups excluding carboxylic acids is 2. The smallest absolute Gasteiger partial charge is 0.233 e. The average Bonchev–Trinajstić information content (AvgIpc) is 2.32. The number of carbonyl (C=O) groups is 2. The first-order valence-electron chi connectivity index (χ1n) is 6.17. The van der Waals surface area contributed by atoms with Gasteiger partial charge in [-0.05, 0) is 5.92 Å². The van der Waals surface area contributed by atoms with Crippen molar-refractivity contribution in [3.8, 4) is 6.07 Å². The van der Waals surface area contributed by atoms with E-state index < -0.39 is 0 Å². The highest BCUT2D eigenvalue weighted by molar-refractivity contribution is 5.78. The van der Waals surface area contributed by atoms with Gasteiger partial charge in [-0.1, -0.05) is 13.8 Å². The monoisotopic (exact) mass is 254 g/mol. The minimum absolute atomic E-state index is 0.0129. The van der Waals surface area contributed by atoms with E-state index in [0.29, 0.717) is 38.4 Å². The van der Waals surface area contributed by atoms with Gasteiger partial charge in [0.05, 0.1) is 19.0 Å². The molecule has 0 unspecified atom stereocenters. The lowest BCUT2D eigenvalue weighted by molar-refractivity contribution is -0.122. The molecule has 0 fully saturated rings. The summed E-state index contributed by atoms with van der Waals surface area (Å²) in [5.41, 5.74) is 0. The summed E-state index contributed by atoms with van der Waals surface area (Å²) in [5, 5.41) is 16.5. The Hall–Kier alpha value is -1.61. The van der Waals surface area contributed by atoms with E-state index in [9.17, 15) is 9.59 Å². The highest BCUT2D eigenvalue weighted by atomic mass is 16.2. The van der Waals surface area contributed by atoms with Crippen LogP contribution in [0.5, 0.6) is 0 Å². The minimum Gasteiger partial charge on any atom is -0.356 e. The number of hydrogen-bond acceptors (Lipinski definition) is 4. The third-order valence-electron chi connectivity index (χ3n) is 2.08. The zero-order chi connectivity index (χ0) is 13.8. The van der Waals surface area contributed by atoms with Crippen LogP contribution in [0.2, 0.25) is 0 Å². The van der Waals surface area contributed by atoms with Gasteiger partial charge in [-0.15, -0.1) is 0 Å². The molecule has 0 radical (unpaired) electrons. The molecule has 6 heteroatoms. The first-order valence-corrected chi connectivity index (χ1v) is 6.17. The molecular weight excluding hydrogens is 232 g/mol. The maximum atomic E-state index is 11.3. The standard InChI is InChI=1S/C12H22N4O2/c1-10(2)8-16-11(17)4-7-14-9-12(18)15-6-3-5-13/h10,14H,3-4,6-9H2,1-2H3,(H,15,18)(H,16,17). The topological polar surface area (TPSA) is 94.0 Å². The van der Waals surface area contributed by atoms with E-state index in [4.69, 9.17) is 5.26 Å². The van der Waals surface area contributed by atoms with Crippen LogP contribution in [0, 0.1) is 17.2 Å². The number of nitrogens with zero attached hydrogens (tertiary/aromatic N) is 1. The summed E-state index contributed by atoms with van der Waals surface area (Å²) in [6, 6.07) is 1.94. The summed E-state index contributed by atoms with van der Waals surface area (Å²) in [7, 11) is 0. The second kappa shape index (κ2) is 10.5. The molecule has 0 saturated heterocycles. The van der Waals surface area contributed by atoms with E-state index in [2.05, 4.69) is 16.0 Å². The molecule has 3 N–H and O–H groups in total. The number of rotatable bonds is 9. The summed E-state index contributed by atoms with van der Waals surface area (Å²) in [4.78, 5) is 22.5. The van der Waals surface area contributed by atoms with E-state index in [-0.39, 0.29) is 18.4 Å². The molecule has 0 bridgehead atoms. The molecule has 0 spiro atoms. The SMILES string of the molecule is CC(C)CNC(=O)CCNCC(=O)NCCC#N. The molecule has 0 aliphatic rings. The van der Waals surface area contributed by atoms with E-state index in [1.807, 2.05) is 19.9 Å². The third-order valence-corrected chi connectivity index (χ3v) is 2.08. The lowest BCUT2D eigenvalue weighted by atomic mass is 10.2. The molecule has 0 aromatic carbocycles.